The number of hydrogen-bond acceptors (Lipinski definition) is 5. The van der Waals surface area contributed by atoms with Crippen LogP contribution in [0.15, 0.2) is 76.4 Å². The van der Waals surface area contributed by atoms with Gasteiger partial charge in [-0.25, -0.2) is 9.18 Å². The lowest BCUT2D eigenvalue weighted by atomic mass is 10.2. The van der Waals surface area contributed by atoms with Crippen molar-refractivity contribution in [2.45, 2.75) is 20.0 Å². The Hall–Kier alpha value is -4.11. The maximum atomic E-state index is 14.2. The van der Waals surface area contributed by atoms with Crippen LogP contribution in [0.3, 0.4) is 0 Å². The van der Waals surface area contributed by atoms with Gasteiger partial charge in [0.2, 0.25) is 5.69 Å². The zero-order chi connectivity index (χ0) is 24.2. The predicted molar refractivity (Wildman–Crippen MR) is 125 cm³/mol. The van der Waals surface area contributed by atoms with Gasteiger partial charge in [0.1, 0.15) is 5.82 Å². The van der Waals surface area contributed by atoms with E-state index in [9.17, 15) is 18.8 Å². The first kappa shape index (κ1) is 23.1. The Bertz CT molecular complexity index is 1480. The topological polar surface area (TPSA) is 98.9 Å². The summed E-state index contributed by atoms with van der Waals surface area (Å²) in [5.41, 5.74) is -0.632. The van der Waals surface area contributed by atoms with Gasteiger partial charge in [0.05, 0.1) is 24.5 Å². The normalized spacial score (nSPS) is 10.8. The van der Waals surface area contributed by atoms with Crippen LogP contribution in [0.25, 0.3) is 5.69 Å². The van der Waals surface area contributed by atoms with Crippen molar-refractivity contribution in [1.82, 2.24) is 24.6 Å². The van der Waals surface area contributed by atoms with Crippen LogP contribution in [-0.2, 0) is 13.1 Å². The fourth-order valence-corrected chi connectivity index (χ4v) is 3.47. The van der Waals surface area contributed by atoms with Gasteiger partial charge >= 0.3 is 5.69 Å². The van der Waals surface area contributed by atoms with Crippen molar-refractivity contribution in [3.05, 3.63) is 121 Å². The van der Waals surface area contributed by atoms with Crippen LogP contribution in [0.1, 0.15) is 27.3 Å². The van der Waals surface area contributed by atoms with Gasteiger partial charge in [-0.3, -0.25) is 19.1 Å². The van der Waals surface area contributed by atoms with E-state index in [4.69, 9.17) is 11.6 Å². The Balaban J connectivity index is 1.81. The van der Waals surface area contributed by atoms with E-state index in [1.807, 2.05) is 0 Å². The van der Waals surface area contributed by atoms with Crippen LogP contribution in [0.5, 0.6) is 0 Å². The second kappa shape index (κ2) is 9.80. The number of rotatable bonds is 6. The maximum absolute atomic E-state index is 14.2. The molecule has 2 aromatic carbocycles. The second-order valence-corrected chi connectivity index (χ2v) is 7.94. The third-order valence-corrected chi connectivity index (χ3v) is 5.30. The molecule has 4 rings (SSSR count). The number of hydrogen-bond donors (Lipinski definition) is 1. The molecular weight excluding hydrogens is 461 g/mol. The molecule has 2 aromatic heterocycles. The van der Waals surface area contributed by atoms with E-state index in [-0.39, 0.29) is 18.8 Å². The van der Waals surface area contributed by atoms with Crippen LogP contribution in [0.4, 0.5) is 4.39 Å². The molecule has 34 heavy (non-hydrogen) atoms. The Morgan fingerprint density at radius 3 is 2.62 bits per heavy atom. The summed E-state index contributed by atoms with van der Waals surface area (Å²) in [4.78, 5) is 43.3. The number of aryl methyl sites for hydroxylation is 1. The molecule has 172 valence electrons. The number of halogens is 2. The highest BCUT2D eigenvalue weighted by Gasteiger charge is 2.21. The minimum atomic E-state index is -0.882. The molecule has 0 bridgehead atoms. The summed E-state index contributed by atoms with van der Waals surface area (Å²) < 4.78 is 15.9. The molecule has 0 aliphatic carbocycles. The van der Waals surface area contributed by atoms with Gasteiger partial charge in [0, 0.05) is 17.3 Å². The minimum Gasteiger partial charge on any atom is -0.345 e. The monoisotopic (exact) mass is 479 g/mol. The summed E-state index contributed by atoms with van der Waals surface area (Å²) in [5.74, 6) is -1.35. The van der Waals surface area contributed by atoms with Crippen LogP contribution in [0, 0.1) is 12.7 Å². The summed E-state index contributed by atoms with van der Waals surface area (Å²) in [5, 5.41) is 7.00. The Labute approximate surface area is 198 Å². The van der Waals surface area contributed by atoms with E-state index in [0.717, 1.165) is 15.3 Å². The van der Waals surface area contributed by atoms with Gasteiger partial charge in [-0.15, -0.1) is 0 Å². The lowest BCUT2D eigenvalue weighted by Crippen LogP contribution is -2.46. The molecule has 8 nitrogen and oxygen atoms in total. The van der Waals surface area contributed by atoms with Crippen LogP contribution >= 0.6 is 11.6 Å². The lowest BCUT2D eigenvalue weighted by molar-refractivity contribution is 0.0940. The second-order valence-electron chi connectivity index (χ2n) is 7.50. The number of benzene rings is 2. The third kappa shape index (κ3) is 4.94. The van der Waals surface area contributed by atoms with E-state index in [1.54, 1.807) is 55.6 Å². The predicted octanol–water partition coefficient (Wildman–Crippen LogP) is 2.87. The fraction of sp³-hybridized carbons (Fsp3) is 0.125. The molecule has 1 N–H and O–H groups in total. The zero-order valence-electron chi connectivity index (χ0n) is 18.0. The molecule has 0 radical (unpaired) electrons. The number of nitrogens with one attached hydrogen (secondary N) is 1. The van der Waals surface area contributed by atoms with Crippen molar-refractivity contribution in [3.63, 3.8) is 0 Å². The van der Waals surface area contributed by atoms with Crippen LogP contribution < -0.4 is 16.6 Å². The SMILES string of the molecule is Cc1ccc(-n2nc(C(=O)NCc3ccccn3)c(=O)n(Cc3cccc(Cl)c3)c2=O)cc1F. The summed E-state index contributed by atoms with van der Waals surface area (Å²) in [6.07, 6.45) is 1.57. The van der Waals surface area contributed by atoms with Crippen molar-refractivity contribution >= 4 is 17.5 Å². The molecular formula is C24H19ClFN5O3. The van der Waals surface area contributed by atoms with Gasteiger partial charge < -0.3 is 5.32 Å². The first-order valence-electron chi connectivity index (χ1n) is 10.3. The van der Waals surface area contributed by atoms with Crippen molar-refractivity contribution in [1.29, 1.82) is 0 Å². The van der Waals surface area contributed by atoms with Gasteiger partial charge in [-0.2, -0.15) is 9.78 Å². The van der Waals surface area contributed by atoms with Crippen molar-refractivity contribution < 1.29 is 9.18 Å². The Morgan fingerprint density at radius 1 is 1.09 bits per heavy atom. The molecule has 0 atom stereocenters. The average Bonchev–Trinajstić information content (AvgIpc) is 2.83. The van der Waals surface area contributed by atoms with Crippen molar-refractivity contribution in [2.24, 2.45) is 0 Å². The lowest BCUT2D eigenvalue weighted by Gasteiger charge is -2.13. The molecule has 0 aliphatic heterocycles. The Morgan fingerprint density at radius 2 is 1.91 bits per heavy atom. The summed E-state index contributed by atoms with van der Waals surface area (Å²) in [6.45, 7) is 1.47. The molecule has 2 heterocycles. The highest BCUT2D eigenvalue weighted by molar-refractivity contribution is 6.30. The van der Waals surface area contributed by atoms with Gasteiger partial charge in [0.15, 0.2) is 0 Å². The molecule has 0 saturated carbocycles. The van der Waals surface area contributed by atoms with E-state index in [2.05, 4.69) is 15.4 Å². The van der Waals surface area contributed by atoms with Gasteiger partial charge in [-0.1, -0.05) is 35.9 Å². The third-order valence-electron chi connectivity index (χ3n) is 5.06. The number of pyridine rings is 1. The quantitative estimate of drug-likeness (QED) is 0.458. The highest BCUT2D eigenvalue weighted by atomic mass is 35.5. The first-order chi connectivity index (χ1) is 16.3. The molecule has 0 spiro atoms. The first-order valence-corrected chi connectivity index (χ1v) is 10.6. The number of amides is 1. The number of nitrogens with zero attached hydrogens (tertiary/aromatic N) is 4. The maximum Gasteiger partial charge on any atom is 0.352 e. The summed E-state index contributed by atoms with van der Waals surface area (Å²) in [6, 6.07) is 15.9. The van der Waals surface area contributed by atoms with E-state index >= 15 is 0 Å². The molecule has 10 heteroatoms. The van der Waals surface area contributed by atoms with Crippen molar-refractivity contribution in [2.75, 3.05) is 0 Å². The summed E-state index contributed by atoms with van der Waals surface area (Å²) in [7, 11) is 0. The number of carbonyl (C=O) groups excluding carboxylic acids is 1. The largest absolute Gasteiger partial charge is 0.352 e. The van der Waals surface area contributed by atoms with Gasteiger partial charge in [0.25, 0.3) is 11.5 Å². The molecule has 4 aromatic rings. The molecule has 0 aliphatic rings. The molecule has 0 fully saturated rings. The number of aromatic nitrogens is 4. The fourth-order valence-electron chi connectivity index (χ4n) is 3.25. The zero-order valence-corrected chi connectivity index (χ0v) is 18.8. The van der Waals surface area contributed by atoms with Gasteiger partial charge in [-0.05, 0) is 48.4 Å². The van der Waals surface area contributed by atoms with E-state index < -0.39 is 28.7 Å². The number of carbonyl (C=O) groups is 1. The highest BCUT2D eigenvalue weighted by Crippen LogP contribution is 2.13. The van der Waals surface area contributed by atoms with E-state index in [0.29, 0.717) is 21.8 Å². The standard InChI is InChI=1S/C24H19ClFN5O3/c1-15-8-9-19(12-20(15)26)31-24(34)30(14-16-5-4-6-17(25)11-16)23(33)21(29-31)22(32)28-13-18-7-2-3-10-27-18/h2-12H,13-14H2,1H3,(H,28,32). The van der Waals surface area contributed by atoms with Crippen LogP contribution in [-0.4, -0.2) is 25.2 Å². The smallest absolute Gasteiger partial charge is 0.345 e. The van der Waals surface area contributed by atoms with E-state index in [1.165, 1.54) is 12.1 Å². The minimum absolute atomic E-state index is 0.0490. The van der Waals surface area contributed by atoms with Crippen molar-refractivity contribution in [3.8, 4) is 5.69 Å². The average molecular weight is 480 g/mol. The molecule has 0 saturated heterocycles. The molecule has 0 unspecified atom stereocenters. The molecule has 1 amide bonds. The Kier molecular flexibility index (Phi) is 6.65. The van der Waals surface area contributed by atoms with Crippen LogP contribution in [0.2, 0.25) is 5.02 Å². The summed E-state index contributed by atoms with van der Waals surface area (Å²) >= 11 is 6.04.